The molecule has 1 aliphatic carbocycles. The lowest BCUT2D eigenvalue weighted by Crippen LogP contribution is -2.38. The minimum atomic E-state index is 0.316. The first kappa shape index (κ1) is 9.71. The van der Waals surface area contributed by atoms with Gasteiger partial charge >= 0.3 is 0 Å². The second-order valence-corrected chi connectivity index (χ2v) is 4.80. The molecule has 0 unspecified atom stereocenters. The fraction of sp³-hybridized carbons (Fsp3) is 0.333. The normalized spacial score (nSPS) is 21.1. The molecule has 0 radical (unpaired) electrons. The average molecular weight is 211 g/mol. The smallest absolute Gasteiger partial charge is 0.0183 e. The maximum Gasteiger partial charge on any atom is 0.0183 e. The molecule has 1 aliphatic heterocycles. The van der Waals surface area contributed by atoms with Crippen LogP contribution in [0.15, 0.2) is 43.1 Å². The van der Waals surface area contributed by atoms with Crippen molar-refractivity contribution < 1.29 is 0 Å². The Hall–Kier alpha value is -1.50. The minimum Gasteiger partial charge on any atom is -0.378 e. The molecule has 0 N–H and O–H groups in total. The Morgan fingerprint density at radius 2 is 1.94 bits per heavy atom. The number of allylic oxidation sites excluding steroid dienone is 1. The van der Waals surface area contributed by atoms with Crippen LogP contribution in [-0.2, 0) is 5.41 Å². The summed E-state index contributed by atoms with van der Waals surface area (Å²) in [7, 11) is 0. The van der Waals surface area contributed by atoms with Crippen molar-refractivity contribution in [3.63, 3.8) is 0 Å². The van der Waals surface area contributed by atoms with E-state index in [1.165, 1.54) is 24.0 Å². The van der Waals surface area contributed by atoms with Gasteiger partial charge in [0.2, 0.25) is 0 Å². The van der Waals surface area contributed by atoms with E-state index in [-0.39, 0.29) is 0 Å². The van der Waals surface area contributed by atoms with E-state index in [1.54, 1.807) is 0 Å². The fourth-order valence-corrected chi connectivity index (χ4v) is 2.98. The molecule has 0 saturated carbocycles. The van der Waals surface area contributed by atoms with Crippen molar-refractivity contribution in [2.75, 3.05) is 13.1 Å². The van der Waals surface area contributed by atoms with E-state index in [2.05, 4.69) is 47.9 Å². The first-order valence-corrected chi connectivity index (χ1v) is 5.99. The number of nitrogens with zero attached hydrogens (tertiary/aromatic N) is 1. The molecule has 1 fully saturated rings. The molecular weight excluding hydrogens is 194 g/mol. The highest BCUT2D eigenvalue weighted by Crippen LogP contribution is 2.43. The summed E-state index contributed by atoms with van der Waals surface area (Å²) in [5.74, 6) is 0. The summed E-state index contributed by atoms with van der Waals surface area (Å²) < 4.78 is 0. The maximum absolute atomic E-state index is 3.85. The van der Waals surface area contributed by atoms with Crippen LogP contribution >= 0.6 is 0 Å². The molecule has 3 rings (SSSR count). The molecule has 1 heterocycles. The van der Waals surface area contributed by atoms with Gasteiger partial charge in [-0.15, -0.1) is 0 Å². The molecule has 16 heavy (non-hydrogen) atoms. The SMILES string of the molecule is C=CN1CCC2(C=Cc3ccccc32)CC1. The van der Waals surface area contributed by atoms with E-state index >= 15 is 0 Å². The second-order valence-electron chi connectivity index (χ2n) is 4.80. The van der Waals surface area contributed by atoms with Crippen LogP contribution in [0.4, 0.5) is 0 Å². The molecule has 1 aromatic rings. The van der Waals surface area contributed by atoms with Crippen LogP contribution < -0.4 is 0 Å². The van der Waals surface area contributed by atoms with E-state index in [0.29, 0.717) is 5.41 Å². The number of rotatable bonds is 1. The summed E-state index contributed by atoms with van der Waals surface area (Å²) in [6.07, 6.45) is 9.10. The highest BCUT2D eigenvalue weighted by Gasteiger charge is 2.36. The third-order valence-electron chi connectivity index (χ3n) is 4.03. The van der Waals surface area contributed by atoms with E-state index < -0.39 is 0 Å². The zero-order valence-electron chi connectivity index (χ0n) is 9.52. The van der Waals surface area contributed by atoms with Crippen molar-refractivity contribution in [1.82, 2.24) is 4.90 Å². The monoisotopic (exact) mass is 211 g/mol. The van der Waals surface area contributed by atoms with Crippen LogP contribution in [0.3, 0.4) is 0 Å². The Bertz CT molecular complexity index is 437. The molecule has 0 bridgehead atoms. The lowest BCUT2D eigenvalue weighted by molar-refractivity contribution is 0.244. The number of fused-ring (bicyclic) bond motifs is 2. The van der Waals surface area contributed by atoms with E-state index in [1.807, 2.05) is 6.20 Å². The molecule has 1 aromatic carbocycles. The summed E-state index contributed by atoms with van der Waals surface area (Å²) in [5.41, 5.74) is 3.25. The average Bonchev–Trinajstić information content (AvgIpc) is 2.71. The van der Waals surface area contributed by atoms with Crippen LogP contribution in [0, 0.1) is 0 Å². The first-order chi connectivity index (χ1) is 7.84. The molecule has 1 saturated heterocycles. The first-order valence-electron chi connectivity index (χ1n) is 5.99. The number of benzene rings is 1. The Morgan fingerprint density at radius 1 is 1.19 bits per heavy atom. The van der Waals surface area contributed by atoms with Gasteiger partial charge in [-0.05, 0) is 30.2 Å². The van der Waals surface area contributed by atoms with Crippen LogP contribution in [0.5, 0.6) is 0 Å². The quantitative estimate of drug-likeness (QED) is 0.689. The third kappa shape index (κ3) is 1.31. The molecule has 2 aliphatic rings. The fourth-order valence-electron chi connectivity index (χ4n) is 2.98. The Kier molecular flexibility index (Phi) is 2.13. The van der Waals surface area contributed by atoms with Crippen molar-refractivity contribution in [2.45, 2.75) is 18.3 Å². The second kappa shape index (κ2) is 3.51. The van der Waals surface area contributed by atoms with Gasteiger partial charge in [0.15, 0.2) is 0 Å². The number of hydrogen-bond acceptors (Lipinski definition) is 1. The minimum absolute atomic E-state index is 0.316. The van der Waals surface area contributed by atoms with Crippen LogP contribution in [0.2, 0.25) is 0 Å². The van der Waals surface area contributed by atoms with Gasteiger partial charge in [-0.3, -0.25) is 0 Å². The number of likely N-dealkylation sites (tertiary alicyclic amines) is 1. The molecule has 1 spiro atoms. The van der Waals surface area contributed by atoms with Gasteiger partial charge in [0.25, 0.3) is 0 Å². The summed E-state index contributed by atoms with van der Waals surface area (Å²) >= 11 is 0. The lowest BCUT2D eigenvalue weighted by atomic mass is 9.75. The summed E-state index contributed by atoms with van der Waals surface area (Å²) in [6, 6.07) is 8.80. The van der Waals surface area contributed by atoms with Gasteiger partial charge in [-0.1, -0.05) is 43.0 Å². The van der Waals surface area contributed by atoms with Gasteiger partial charge in [0.05, 0.1) is 0 Å². The molecule has 82 valence electrons. The number of piperidine rings is 1. The molecule has 1 heteroatoms. The number of hydrogen-bond donors (Lipinski definition) is 0. The summed E-state index contributed by atoms with van der Waals surface area (Å²) in [6.45, 7) is 6.11. The van der Waals surface area contributed by atoms with Crippen LogP contribution in [0.1, 0.15) is 24.0 Å². The lowest BCUT2D eigenvalue weighted by Gasteiger charge is -2.38. The van der Waals surface area contributed by atoms with Crippen molar-refractivity contribution in [3.05, 3.63) is 54.2 Å². The van der Waals surface area contributed by atoms with Crippen molar-refractivity contribution in [2.24, 2.45) is 0 Å². The summed E-state index contributed by atoms with van der Waals surface area (Å²) in [4.78, 5) is 2.32. The molecule has 0 atom stereocenters. The standard InChI is InChI=1S/C15H17N/c1-2-16-11-9-15(10-12-16)8-7-13-5-3-4-6-14(13)15/h2-8H,1,9-12H2. The van der Waals surface area contributed by atoms with Crippen molar-refractivity contribution in [3.8, 4) is 0 Å². The van der Waals surface area contributed by atoms with E-state index in [4.69, 9.17) is 0 Å². The highest BCUT2D eigenvalue weighted by atomic mass is 15.1. The zero-order chi connectivity index (χ0) is 11.0. The maximum atomic E-state index is 3.85. The third-order valence-corrected chi connectivity index (χ3v) is 4.03. The predicted molar refractivity (Wildman–Crippen MR) is 68.2 cm³/mol. The van der Waals surface area contributed by atoms with Gasteiger partial charge in [-0.2, -0.15) is 0 Å². The predicted octanol–water partition coefficient (Wildman–Crippen LogP) is 3.19. The van der Waals surface area contributed by atoms with Crippen LogP contribution in [-0.4, -0.2) is 18.0 Å². The molecule has 0 amide bonds. The Balaban J connectivity index is 1.92. The van der Waals surface area contributed by atoms with Gasteiger partial charge in [0, 0.05) is 18.5 Å². The van der Waals surface area contributed by atoms with Gasteiger partial charge in [0.1, 0.15) is 0 Å². The summed E-state index contributed by atoms with van der Waals surface area (Å²) in [5, 5.41) is 0. The Morgan fingerprint density at radius 3 is 2.69 bits per heavy atom. The highest BCUT2D eigenvalue weighted by molar-refractivity contribution is 5.65. The van der Waals surface area contributed by atoms with E-state index in [9.17, 15) is 0 Å². The van der Waals surface area contributed by atoms with Crippen molar-refractivity contribution >= 4 is 6.08 Å². The molecular formula is C15H17N. The molecule has 1 nitrogen and oxygen atoms in total. The van der Waals surface area contributed by atoms with E-state index in [0.717, 1.165) is 13.1 Å². The van der Waals surface area contributed by atoms with Gasteiger partial charge in [-0.25, -0.2) is 0 Å². The largest absolute Gasteiger partial charge is 0.378 e. The van der Waals surface area contributed by atoms with Gasteiger partial charge < -0.3 is 4.90 Å². The topological polar surface area (TPSA) is 3.24 Å². The zero-order valence-corrected chi connectivity index (χ0v) is 9.52. The Labute approximate surface area is 97.1 Å². The van der Waals surface area contributed by atoms with Crippen LogP contribution in [0.25, 0.3) is 6.08 Å². The van der Waals surface area contributed by atoms with Crippen molar-refractivity contribution in [1.29, 1.82) is 0 Å². The molecule has 0 aromatic heterocycles.